The van der Waals surface area contributed by atoms with Crippen molar-refractivity contribution in [3.63, 3.8) is 0 Å². The molecule has 0 aromatic heterocycles. The molecule has 0 spiro atoms. The number of likely N-dealkylation sites (N-methyl/N-ethyl adjacent to an activating group) is 1. The van der Waals surface area contributed by atoms with Gasteiger partial charge in [-0.25, -0.2) is 0 Å². The first-order chi connectivity index (χ1) is 15.7. The molecule has 7 N–H and O–H groups in total. The van der Waals surface area contributed by atoms with E-state index in [1.54, 1.807) is 0 Å². The van der Waals surface area contributed by atoms with Gasteiger partial charge in [-0.1, -0.05) is 6.08 Å². The molecule has 1 aromatic carbocycles. The predicted molar refractivity (Wildman–Crippen MR) is 121 cm³/mol. The van der Waals surface area contributed by atoms with Crippen molar-refractivity contribution in [2.75, 3.05) is 55.1 Å². The average molecular weight is 491 g/mol. The smallest absolute Gasteiger partial charge is 0.233 e. The molecule has 34 heavy (non-hydrogen) atoms. The van der Waals surface area contributed by atoms with Crippen LogP contribution >= 0.6 is 0 Å². The lowest BCUT2D eigenvalue weighted by atomic mass is 9.98. The fourth-order valence-corrected chi connectivity index (χ4v) is 2.39. The minimum atomic E-state index is -2.30. The number of carbonyl (C=O) groups excluding carboxylic acids is 2. The van der Waals surface area contributed by atoms with Gasteiger partial charge in [-0.05, 0) is 23.8 Å². The molecule has 12 nitrogen and oxygen atoms in total. The molecule has 4 atom stereocenters. The highest BCUT2D eigenvalue weighted by Crippen LogP contribution is 2.37. The van der Waals surface area contributed by atoms with E-state index < -0.39 is 42.6 Å². The standard InChI is InChI=1S/C17H22O10.C5H14NO/c1-26-11-5-8(6-12(27-2)15(11)23)3-4-9(19)13(21)16(24)17(25)14(22)10(20)7-18;1-6(2,3)4-5-7/h3-6,10,14,16-18,20,22-25H,7H2,1-2H3;7H,4-5H2,1-3H3/q;+1/b4-3+;/t10-,14-,16+,17+;/m1./s1. The van der Waals surface area contributed by atoms with Crippen LogP contribution in [0.4, 0.5) is 0 Å². The molecule has 0 bridgehead atoms. The molecule has 1 aromatic rings. The second-order valence-electron chi connectivity index (χ2n) is 8.25. The first-order valence-corrected chi connectivity index (χ1v) is 10.2. The fraction of sp³-hybridized carbons (Fsp3) is 0.545. The number of benzene rings is 1. The molecule has 0 amide bonds. The summed E-state index contributed by atoms with van der Waals surface area (Å²) in [4.78, 5) is 23.8. The lowest BCUT2D eigenvalue weighted by Gasteiger charge is -2.24. The van der Waals surface area contributed by atoms with Crippen LogP contribution in [-0.2, 0) is 9.59 Å². The van der Waals surface area contributed by atoms with E-state index in [1.807, 2.05) is 0 Å². The van der Waals surface area contributed by atoms with Crippen LogP contribution < -0.4 is 9.47 Å². The molecule has 0 heterocycles. The largest absolute Gasteiger partial charge is 0.502 e. The Kier molecular flexibility index (Phi) is 13.5. The maximum atomic E-state index is 11.9. The van der Waals surface area contributed by atoms with Crippen LogP contribution in [0.1, 0.15) is 5.56 Å². The first-order valence-electron chi connectivity index (χ1n) is 10.2. The summed E-state index contributed by atoms with van der Waals surface area (Å²) in [6.45, 7) is 0.195. The van der Waals surface area contributed by atoms with Crippen LogP contribution in [0, 0.1) is 0 Å². The van der Waals surface area contributed by atoms with Crippen LogP contribution in [0.3, 0.4) is 0 Å². The maximum Gasteiger partial charge on any atom is 0.233 e. The van der Waals surface area contributed by atoms with E-state index in [0.29, 0.717) is 5.56 Å². The van der Waals surface area contributed by atoms with Crippen molar-refractivity contribution >= 4 is 17.6 Å². The van der Waals surface area contributed by atoms with Gasteiger partial charge in [0.05, 0.1) is 48.6 Å². The summed E-state index contributed by atoms with van der Waals surface area (Å²) in [6, 6.07) is 2.72. The second kappa shape index (κ2) is 14.6. The molecule has 0 saturated heterocycles. The number of hydrogen-bond acceptors (Lipinski definition) is 11. The number of methoxy groups -OCH3 is 2. The monoisotopic (exact) mass is 490 g/mol. The van der Waals surface area contributed by atoms with Gasteiger partial charge in [0.25, 0.3) is 0 Å². The number of rotatable bonds is 12. The Bertz CT molecular complexity index is 795. The first kappa shape index (κ1) is 31.4. The number of aliphatic hydroxyl groups is 6. The van der Waals surface area contributed by atoms with E-state index in [9.17, 15) is 35.1 Å². The zero-order valence-electron chi connectivity index (χ0n) is 20.0. The van der Waals surface area contributed by atoms with Crippen molar-refractivity contribution in [3.05, 3.63) is 23.8 Å². The van der Waals surface area contributed by atoms with Gasteiger partial charge in [-0.15, -0.1) is 0 Å². The van der Waals surface area contributed by atoms with Crippen molar-refractivity contribution in [2.45, 2.75) is 24.4 Å². The fourth-order valence-electron chi connectivity index (χ4n) is 2.39. The summed E-state index contributed by atoms with van der Waals surface area (Å²) in [5.41, 5.74) is 0.327. The molecular weight excluding hydrogens is 454 g/mol. The van der Waals surface area contributed by atoms with Crippen molar-refractivity contribution in [2.24, 2.45) is 0 Å². The Morgan fingerprint density at radius 1 is 0.971 bits per heavy atom. The average Bonchev–Trinajstić information content (AvgIpc) is 2.80. The number of ketones is 2. The quantitative estimate of drug-likeness (QED) is 0.0944. The number of phenols is 1. The second-order valence-corrected chi connectivity index (χ2v) is 8.25. The van der Waals surface area contributed by atoms with Crippen LogP contribution in [0.25, 0.3) is 6.08 Å². The zero-order valence-corrected chi connectivity index (χ0v) is 20.0. The normalized spacial score (nSPS) is 15.0. The number of allylic oxidation sites excluding steroid dienone is 1. The third kappa shape index (κ3) is 10.1. The number of hydrogen-bond donors (Lipinski definition) is 7. The lowest BCUT2D eigenvalue weighted by molar-refractivity contribution is -0.870. The van der Waals surface area contributed by atoms with Crippen LogP contribution in [0.2, 0.25) is 0 Å². The van der Waals surface area contributed by atoms with Gasteiger partial charge in [0.1, 0.15) is 31.0 Å². The SMILES string of the molecule is COc1cc(/C=C/C(=O)C(=O)[C@H](O)[C@@H](O)[C@H](O)[C@H](O)CO)cc(OC)c1O.C[N+](C)(C)CCO. The van der Waals surface area contributed by atoms with E-state index in [4.69, 9.17) is 19.7 Å². The number of carbonyl (C=O) groups is 2. The topological polar surface area (TPSA) is 194 Å². The predicted octanol–water partition coefficient (Wildman–Crippen LogP) is -2.32. The van der Waals surface area contributed by atoms with Crippen LogP contribution in [0.5, 0.6) is 17.2 Å². The minimum Gasteiger partial charge on any atom is -0.502 e. The van der Waals surface area contributed by atoms with E-state index >= 15 is 0 Å². The van der Waals surface area contributed by atoms with Crippen LogP contribution in [0.15, 0.2) is 18.2 Å². The van der Waals surface area contributed by atoms with Gasteiger partial charge in [-0.2, -0.15) is 0 Å². The van der Waals surface area contributed by atoms with Crippen molar-refractivity contribution in [3.8, 4) is 17.2 Å². The summed E-state index contributed by atoms with van der Waals surface area (Å²) < 4.78 is 10.7. The third-order valence-electron chi connectivity index (χ3n) is 4.47. The van der Waals surface area contributed by atoms with Gasteiger partial charge in [0.2, 0.25) is 17.3 Å². The Balaban J connectivity index is 0.00000135. The van der Waals surface area contributed by atoms with Gasteiger partial charge in [-0.3, -0.25) is 9.59 Å². The number of Topliss-reactive ketones (excluding diaryl/α,β-unsaturated/α-hetero) is 1. The number of quaternary nitrogens is 1. The minimum absolute atomic E-state index is 0.0596. The zero-order chi connectivity index (χ0) is 26.6. The highest BCUT2D eigenvalue weighted by molar-refractivity contribution is 6.43. The number of aromatic hydroxyl groups is 1. The Morgan fingerprint density at radius 2 is 1.47 bits per heavy atom. The molecular formula is C22H36NO11+. The van der Waals surface area contributed by atoms with Gasteiger partial charge >= 0.3 is 0 Å². The molecule has 0 unspecified atom stereocenters. The Labute approximate surface area is 198 Å². The van der Waals surface area contributed by atoms with E-state index in [-0.39, 0.29) is 23.9 Å². The van der Waals surface area contributed by atoms with Crippen molar-refractivity contribution in [1.82, 2.24) is 0 Å². The summed E-state index contributed by atoms with van der Waals surface area (Å²) in [6.07, 6.45) is -6.32. The molecule has 194 valence electrons. The number of ether oxygens (including phenoxy) is 2. The maximum absolute atomic E-state index is 11.9. The lowest BCUT2D eigenvalue weighted by Crippen LogP contribution is -2.49. The number of nitrogens with zero attached hydrogens (tertiary/aromatic N) is 1. The van der Waals surface area contributed by atoms with Gasteiger partial charge < -0.3 is 49.7 Å². The van der Waals surface area contributed by atoms with E-state index in [2.05, 4.69) is 21.1 Å². The number of aliphatic hydroxyl groups excluding tert-OH is 6. The number of phenolic OH excluding ortho intramolecular Hbond substituents is 1. The third-order valence-corrected chi connectivity index (χ3v) is 4.47. The highest BCUT2D eigenvalue weighted by Gasteiger charge is 2.36. The highest BCUT2D eigenvalue weighted by atomic mass is 16.5. The van der Waals surface area contributed by atoms with Gasteiger partial charge in [0.15, 0.2) is 11.5 Å². The molecule has 12 heteroatoms. The van der Waals surface area contributed by atoms with E-state index in [0.717, 1.165) is 17.1 Å². The Morgan fingerprint density at radius 3 is 1.82 bits per heavy atom. The molecule has 0 aliphatic carbocycles. The molecule has 0 aliphatic rings. The van der Waals surface area contributed by atoms with Crippen molar-refractivity contribution < 1.29 is 59.3 Å². The Hall–Kier alpha value is -2.58. The molecule has 0 fully saturated rings. The summed E-state index contributed by atoms with van der Waals surface area (Å²) in [7, 11) is 8.77. The summed E-state index contributed by atoms with van der Waals surface area (Å²) in [5, 5.41) is 64.9. The molecule has 0 aliphatic heterocycles. The van der Waals surface area contributed by atoms with E-state index in [1.165, 1.54) is 32.4 Å². The molecule has 0 radical (unpaired) electrons. The van der Waals surface area contributed by atoms with Gasteiger partial charge in [0, 0.05) is 0 Å². The van der Waals surface area contributed by atoms with Crippen molar-refractivity contribution in [1.29, 1.82) is 0 Å². The summed E-state index contributed by atoms with van der Waals surface area (Å²) >= 11 is 0. The molecule has 0 saturated carbocycles. The molecule has 1 rings (SSSR count). The van der Waals surface area contributed by atoms with Crippen LogP contribution in [-0.4, -0.2) is 131 Å². The summed E-state index contributed by atoms with van der Waals surface area (Å²) in [5.74, 6) is -2.76.